The first-order valence-electron chi connectivity index (χ1n) is 15.2. The average molecular weight is 748 g/mol. The second kappa shape index (κ2) is 13.5. The van der Waals surface area contributed by atoms with Gasteiger partial charge in [0.2, 0.25) is 0 Å². The number of non-ortho nitro benzene ring substituents is 1. The number of nitro benzene ring substituents is 1. The Morgan fingerprint density at radius 1 is 0.904 bits per heavy atom. The number of aliphatic carboxylic acids is 1. The predicted molar refractivity (Wildman–Crippen MR) is 184 cm³/mol. The van der Waals surface area contributed by atoms with Crippen molar-refractivity contribution in [3.05, 3.63) is 122 Å². The van der Waals surface area contributed by atoms with Gasteiger partial charge in [-0.05, 0) is 41.8 Å². The zero-order valence-corrected chi connectivity index (χ0v) is 28.1. The second-order valence-corrected chi connectivity index (χ2v) is 15.1. The quantitative estimate of drug-likeness (QED) is 0.0576. The van der Waals surface area contributed by atoms with Gasteiger partial charge in [-0.1, -0.05) is 42.5 Å². The molecule has 4 aromatic carbocycles. The molecule has 0 radical (unpaired) electrons. The van der Waals surface area contributed by atoms with Gasteiger partial charge in [-0.25, -0.2) is 13.2 Å². The van der Waals surface area contributed by atoms with Crippen LogP contribution in [0.15, 0.2) is 93.4 Å². The van der Waals surface area contributed by atoms with E-state index < -0.39 is 76.5 Å². The van der Waals surface area contributed by atoms with Crippen LogP contribution in [0.2, 0.25) is 0 Å². The van der Waals surface area contributed by atoms with Crippen LogP contribution in [-0.2, 0) is 36.1 Å². The molecular weight excluding hydrogens is 723 g/mol. The van der Waals surface area contributed by atoms with Gasteiger partial charge in [0.25, 0.3) is 21.4 Å². The van der Waals surface area contributed by atoms with E-state index in [0.29, 0.717) is 0 Å². The Labute approximate surface area is 293 Å². The number of rotatable bonds is 12. The molecule has 6 rings (SSSR count). The number of sulfone groups is 1. The lowest BCUT2D eigenvalue weighted by Crippen LogP contribution is -2.25. The Bertz CT molecular complexity index is 2650. The summed E-state index contributed by atoms with van der Waals surface area (Å²) < 4.78 is 67.2. The van der Waals surface area contributed by atoms with Crippen molar-refractivity contribution in [2.24, 2.45) is 0 Å². The molecule has 5 aromatic rings. The molecule has 0 aliphatic heterocycles. The number of ketones is 1. The lowest BCUT2D eigenvalue weighted by molar-refractivity contribution is -0.384. The molecular formula is C34H25N3O13S2. The smallest absolute Gasteiger partial charge is 0.344 e. The Balaban J connectivity index is 1.54. The Kier molecular flexibility index (Phi) is 9.22. The van der Waals surface area contributed by atoms with E-state index in [0.717, 1.165) is 6.07 Å². The predicted octanol–water partition coefficient (Wildman–Crippen LogP) is 4.63. The SMILES string of the molecule is O=C(O)CCCS(=O)(=O)c1cccc(Nc2cc(S(=O)(=O)O)c3[nH]c(=O)c(C(=O)OCc4cccc([N+](=O)[O-])c4)c4c3c2C(=O)c2ccccc2-4)c1. The summed E-state index contributed by atoms with van der Waals surface area (Å²) in [5.41, 5.74) is -2.89. The van der Waals surface area contributed by atoms with Crippen LogP contribution in [0, 0.1) is 10.1 Å². The van der Waals surface area contributed by atoms with Gasteiger partial charge < -0.3 is 20.1 Å². The van der Waals surface area contributed by atoms with E-state index in [1.807, 2.05) is 0 Å². The summed E-state index contributed by atoms with van der Waals surface area (Å²) in [6.45, 7) is -0.502. The number of benzene rings is 4. The number of pyridine rings is 1. The number of carbonyl (C=O) groups is 3. The number of nitrogens with one attached hydrogen (secondary N) is 2. The minimum absolute atomic E-state index is 0.00653. The number of H-pyrrole nitrogens is 1. The highest BCUT2D eigenvalue weighted by Gasteiger charge is 2.36. The first-order chi connectivity index (χ1) is 24.6. The van der Waals surface area contributed by atoms with Crippen molar-refractivity contribution in [2.45, 2.75) is 29.2 Å². The van der Waals surface area contributed by atoms with Crippen molar-refractivity contribution < 1.29 is 50.5 Å². The monoisotopic (exact) mass is 747 g/mol. The summed E-state index contributed by atoms with van der Waals surface area (Å²) in [5.74, 6) is -3.55. The van der Waals surface area contributed by atoms with E-state index in [-0.39, 0.29) is 68.0 Å². The molecule has 1 aromatic heterocycles. The molecule has 18 heteroatoms. The number of anilines is 2. The van der Waals surface area contributed by atoms with Gasteiger partial charge in [0, 0.05) is 40.8 Å². The molecule has 0 saturated heterocycles. The van der Waals surface area contributed by atoms with E-state index in [2.05, 4.69) is 10.3 Å². The lowest BCUT2D eigenvalue weighted by atomic mass is 9.81. The van der Waals surface area contributed by atoms with Gasteiger partial charge in [0.05, 0.1) is 32.3 Å². The fourth-order valence-corrected chi connectivity index (χ4v) is 7.95. The molecule has 1 heterocycles. The number of carboxylic acid groups (broad SMARTS) is 1. The summed E-state index contributed by atoms with van der Waals surface area (Å²) in [7, 11) is -9.13. The summed E-state index contributed by atoms with van der Waals surface area (Å²) in [5, 5.41) is 22.7. The number of aromatic amines is 1. The van der Waals surface area contributed by atoms with Gasteiger partial charge >= 0.3 is 11.9 Å². The maximum atomic E-state index is 14.2. The van der Waals surface area contributed by atoms with Crippen molar-refractivity contribution >= 4 is 65.6 Å². The minimum Gasteiger partial charge on any atom is -0.481 e. The summed E-state index contributed by atoms with van der Waals surface area (Å²) in [6, 6.07) is 17.2. The van der Waals surface area contributed by atoms with Gasteiger partial charge in [-0.2, -0.15) is 8.42 Å². The third kappa shape index (κ3) is 6.76. The molecule has 0 atom stereocenters. The van der Waals surface area contributed by atoms with Gasteiger partial charge in [-0.15, -0.1) is 0 Å². The van der Waals surface area contributed by atoms with Crippen LogP contribution in [0.3, 0.4) is 0 Å². The number of ether oxygens (including phenoxy) is 1. The molecule has 0 amide bonds. The molecule has 0 saturated carbocycles. The summed E-state index contributed by atoms with van der Waals surface area (Å²) >= 11 is 0. The van der Waals surface area contributed by atoms with E-state index in [1.165, 1.54) is 72.8 Å². The molecule has 1 aliphatic rings. The van der Waals surface area contributed by atoms with Crippen LogP contribution < -0.4 is 10.9 Å². The molecule has 4 N–H and O–H groups in total. The molecule has 0 bridgehead atoms. The molecule has 266 valence electrons. The van der Waals surface area contributed by atoms with E-state index in [9.17, 15) is 50.7 Å². The number of nitrogens with zero attached hydrogens (tertiary/aromatic N) is 1. The largest absolute Gasteiger partial charge is 0.481 e. The van der Waals surface area contributed by atoms with Gasteiger partial charge in [0.15, 0.2) is 15.6 Å². The van der Waals surface area contributed by atoms with Crippen molar-refractivity contribution in [3.63, 3.8) is 0 Å². The van der Waals surface area contributed by atoms with Crippen molar-refractivity contribution in [1.82, 2.24) is 4.98 Å². The maximum absolute atomic E-state index is 14.2. The van der Waals surface area contributed by atoms with Crippen molar-refractivity contribution in [3.8, 4) is 11.1 Å². The Hall–Kier alpha value is -6.24. The Morgan fingerprint density at radius 2 is 1.62 bits per heavy atom. The highest BCUT2D eigenvalue weighted by molar-refractivity contribution is 7.91. The second-order valence-electron chi connectivity index (χ2n) is 11.6. The molecule has 1 aliphatic carbocycles. The number of carboxylic acids is 1. The van der Waals surface area contributed by atoms with Crippen LogP contribution in [0.1, 0.15) is 44.7 Å². The van der Waals surface area contributed by atoms with Crippen molar-refractivity contribution in [1.29, 1.82) is 0 Å². The number of aromatic nitrogens is 1. The third-order valence-electron chi connectivity index (χ3n) is 8.17. The number of esters is 1. The fourth-order valence-electron chi connectivity index (χ4n) is 5.92. The van der Waals surface area contributed by atoms with E-state index in [1.54, 1.807) is 0 Å². The van der Waals surface area contributed by atoms with Crippen LogP contribution in [0.25, 0.3) is 22.0 Å². The first-order valence-corrected chi connectivity index (χ1v) is 18.3. The molecule has 0 spiro atoms. The van der Waals surface area contributed by atoms with Crippen LogP contribution in [0.4, 0.5) is 17.1 Å². The number of nitro groups is 1. The zero-order valence-electron chi connectivity index (χ0n) is 26.5. The third-order valence-corrected chi connectivity index (χ3v) is 10.9. The summed E-state index contributed by atoms with van der Waals surface area (Å²) in [6.07, 6.45) is -0.541. The topological polar surface area (TPSA) is 257 Å². The molecule has 0 fully saturated rings. The number of fused-ring (bicyclic) bond motifs is 2. The molecule has 0 unspecified atom stereocenters. The van der Waals surface area contributed by atoms with Crippen LogP contribution in [0.5, 0.6) is 0 Å². The van der Waals surface area contributed by atoms with Crippen molar-refractivity contribution in [2.75, 3.05) is 11.1 Å². The first kappa shape index (κ1) is 35.6. The summed E-state index contributed by atoms with van der Waals surface area (Å²) in [4.78, 5) is 64.2. The van der Waals surface area contributed by atoms with Gasteiger partial charge in [0.1, 0.15) is 17.1 Å². The van der Waals surface area contributed by atoms with Crippen LogP contribution in [-0.4, -0.2) is 59.9 Å². The van der Waals surface area contributed by atoms with E-state index >= 15 is 0 Å². The normalized spacial score (nSPS) is 12.3. The number of carbonyl (C=O) groups excluding carboxylic acids is 2. The van der Waals surface area contributed by atoms with Crippen LogP contribution >= 0.6 is 0 Å². The fraction of sp³-hybridized carbons (Fsp3) is 0.118. The number of hydrogen-bond donors (Lipinski definition) is 4. The standard InChI is InChI=1S/C34H25N3O13S2/c38-26(39)12-5-13-51(45,46)21-9-4-7-19(15-21)35-24-16-25(52(47,48)49)31-29-27(22-10-1-2-11-23(22)32(40)28(24)29)30(33(41)36-31)34(42)50-17-18-6-3-8-20(14-18)37(43)44/h1-4,6-11,14-16,35H,5,12-13,17H2,(H,36,41)(H,38,39)(H,47,48,49). The zero-order chi connectivity index (χ0) is 37.5. The number of hydrogen-bond acceptors (Lipinski definition) is 12. The minimum atomic E-state index is -5.15. The molecule has 16 nitrogen and oxygen atoms in total. The Morgan fingerprint density at radius 3 is 2.31 bits per heavy atom. The highest BCUT2D eigenvalue weighted by atomic mass is 32.2. The van der Waals surface area contributed by atoms with E-state index in [4.69, 9.17) is 9.84 Å². The van der Waals surface area contributed by atoms with Gasteiger partial charge in [-0.3, -0.25) is 29.1 Å². The average Bonchev–Trinajstić information content (AvgIpc) is 3.09. The molecule has 52 heavy (non-hydrogen) atoms. The lowest BCUT2D eigenvalue weighted by Gasteiger charge is -2.25. The maximum Gasteiger partial charge on any atom is 0.344 e. The highest BCUT2D eigenvalue weighted by Crippen LogP contribution is 2.45.